The number of fused-ring (bicyclic) bond motifs is 1. The second kappa shape index (κ2) is 7.75. The van der Waals surface area contributed by atoms with Gasteiger partial charge in [-0.15, -0.1) is 5.10 Å². The fourth-order valence-corrected chi connectivity index (χ4v) is 2.83. The number of aromatic nitrogens is 4. The van der Waals surface area contributed by atoms with Gasteiger partial charge in [0.15, 0.2) is 5.82 Å². The number of hydrogen-bond acceptors (Lipinski definition) is 5. The second-order valence-electron chi connectivity index (χ2n) is 5.98. The molecule has 0 saturated carbocycles. The van der Waals surface area contributed by atoms with Gasteiger partial charge >= 0.3 is 5.69 Å². The summed E-state index contributed by atoms with van der Waals surface area (Å²) in [5.41, 5.74) is 0.0117. The molecule has 2 aromatic heterocycles. The molecule has 1 aromatic carbocycles. The minimum Gasteiger partial charge on any atom is -0.357 e. The highest BCUT2D eigenvalue weighted by atomic mass is 35.5. The summed E-state index contributed by atoms with van der Waals surface area (Å²) in [7, 11) is 1.86. The van der Waals surface area contributed by atoms with Crippen LogP contribution in [0, 0.1) is 5.82 Å². The molecule has 0 aliphatic heterocycles. The van der Waals surface area contributed by atoms with Crippen LogP contribution in [-0.2, 0) is 11.3 Å². The molecule has 27 heavy (non-hydrogen) atoms. The normalized spacial score (nSPS) is 11.0. The summed E-state index contributed by atoms with van der Waals surface area (Å²) in [6.07, 6.45) is 3.90. The lowest BCUT2D eigenvalue weighted by molar-refractivity contribution is -0.117. The van der Waals surface area contributed by atoms with Crippen molar-refractivity contribution in [2.45, 2.75) is 19.9 Å². The number of hydrogen-bond donors (Lipinski definition) is 1. The van der Waals surface area contributed by atoms with Crippen molar-refractivity contribution < 1.29 is 9.18 Å². The first kappa shape index (κ1) is 18.8. The number of carbonyl (C=O) groups excluding carboxylic acids is 1. The number of benzene rings is 1. The number of amides is 1. The van der Waals surface area contributed by atoms with Crippen LogP contribution >= 0.6 is 11.6 Å². The van der Waals surface area contributed by atoms with Gasteiger partial charge in [0.25, 0.3) is 0 Å². The summed E-state index contributed by atoms with van der Waals surface area (Å²) in [4.78, 5) is 31.0. The third-order valence-electron chi connectivity index (χ3n) is 3.90. The zero-order valence-electron chi connectivity index (χ0n) is 14.8. The van der Waals surface area contributed by atoms with Gasteiger partial charge in [-0.2, -0.15) is 0 Å². The molecular weight excluding hydrogens is 375 g/mol. The van der Waals surface area contributed by atoms with Crippen molar-refractivity contribution in [2.75, 3.05) is 23.8 Å². The topological polar surface area (TPSA) is 84.5 Å². The van der Waals surface area contributed by atoms with Crippen molar-refractivity contribution in [1.82, 2.24) is 19.2 Å². The van der Waals surface area contributed by atoms with Gasteiger partial charge in [0, 0.05) is 26.0 Å². The third kappa shape index (κ3) is 3.92. The van der Waals surface area contributed by atoms with E-state index in [0.717, 1.165) is 23.7 Å². The number of carbonyl (C=O) groups is 1. The Morgan fingerprint density at radius 2 is 2.19 bits per heavy atom. The highest BCUT2D eigenvalue weighted by Crippen LogP contribution is 2.22. The maximum Gasteiger partial charge on any atom is 0.350 e. The van der Waals surface area contributed by atoms with Gasteiger partial charge in [0.2, 0.25) is 11.6 Å². The largest absolute Gasteiger partial charge is 0.357 e. The van der Waals surface area contributed by atoms with E-state index < -0.39 is 17.4 Å². The van der Waals surface area contributed by atoms with E-state index in [1.54, 1.807) is 0 Å². The highest BCUT2D eigenvalue weighted by Gasteiger charge is 2.16. The SMILES string of the molecule is CCCN(C)c1nccn2c(=O)n(CC(=O)Nc3cc(F)ccc3Cl)nc12. The quantitative estimate of drug-likeness (QED) is 0.695. The zero-order chi connectivity index (χ0) is 19.6. The first-order chi connectivity index (χ1) is 12.9. The van der Waals surface area contributed by atoms with Crippen LogP contribution < -0.4 is 15.9 Å². The molecule has 2 heterocycles. The van der Waals surface area contributed by atoms with Gasteiger partial charge in [-0.1, -0.05) is 18.5 Å². The summed E-state index contributed by atoms with van der Waals surface area (Å²) in [6.45, 7) is 2.43. The van der Waals surface area contributed by atoms with Gasteiger partial charge in [0.05, 0.1) is 10.7 Å². The van der Waals surface area contributed by atoms with E-state index in [9.17, 15) is 14.0 Å². The minimum atomic E-state index is -0.551. The van der Waals surface area contributed by atoms with E-state index in [1.807, 2.05) is 18.9 Å². The van der Waals surface area contributed by atoms with Gasteiger partial charge in [-0.25, -0.2) is 23.3 Å². The van der Waals surface area contributed by atoms with Crippen LogP contribution in [0.3, 0.4) is 0 Å². The van der Waals surface area contributed by atoms with Gasteiger partial charge < -0.3 is 10.2 Å². The molecule has 0 saturated heterocycles. The lowest BCUT2D eigenvalue weighted by Crippen LogP contribution is -2.28. The molecule has 3 aromatic rings. The second-order valence-corrected chi connectivity index (χ2v) is 6.39. The highest BCUT2D eigenvalue weighted by molar-refractivity contribution is 6.33. The molecule has 0 aliphatic rings. The maximum atomic E-state index is 13.3. The third-order valence-corrected chi connectivity index (χ3v) is 4.23. The molecule has 0 unspecified atom stereocenters. The van der Waals surface area contributed by atoms with E-state index in [4.69, 9.17) is 11.6 Å². The monoisotopic (exact) mass is 392 g/mol. The Kier molecular flexibility index (Phi) is 5.41. The van der Waals surface area contributed by atoms with Crippen molar-refractivity contribution in [3.63, 3.8) is 0 Å². The number of anilines is 2. The van der Waals surface area contributed by atoms with Crippen LogP contribution in [0.15, 0.2) is 35.4 Å². The smallest absolute Gasteiger partial charge is 0.350 e. The molecule has 0 radical (unpaired) electrons. The Morgan fingerprint density at radius 3 is 2.93 bits per heavy atom. The summed E-state index contributed by atoms with van der Waals surface area (Å²) in [5.74, 6) is -0.539. The number of halogens is 2. The minimum absolute atomic E-state index is 0.128. The fourth-order valence-electron chi connectivity index (χ4n) is 2.67. The van der Waals surface area contributed by atoms with E-state index in [-0.39, 0.29) is 17.3 Å². The van der Waals surface area contributed by atoms with Gasteiger partial charge in [0.1, 0.15) is 12.4 Å². The Balaban J connectivity index is 1.88. The average Bonchev–Trinajstić information content (AvgIpc) is 2.94. The van der Waals surface area contributed by atoms with Crippen molar-refractivity contribution in [2.24, 2.45) is 0 Å². The molecule has 3 rings (SSSR count). The van der Waals surface area contributed by atoms with Crippen LogP contribution in [0.5, 0.6) is 0 Å². The van der Waals surface area contributed by atoms with Crippen molar-refractivity contribution in [3.8, 4) is 0 Å². The molecule has 0 fully saturated rings. The maximum absolute atomic E-state index is 13.3. The van der Waals surface area contributed by atoms with E-state index in [0.29, 0.717) is 11.5 Å². The number of nitrogens with zero attached hydrogens (tertiary/aromatic N) is 5. The fraction of sp³-hybridized carbons (Fsp3) is 0.294. The predicted molar refractivity (Wildman–Crippen MR) is 101 cm³/mol. The Morgan fingerprint density at radius 1 is 1.41 bits per heavy atom. The van der Waals surface area contributed by atoms with Crippen LogP contribution in [-0.4, -0.2) is 38.7 Å². The molecule has 0 bridgehead atoms. The van der Waals surface area contributed by atoms with Crippen molar-refractivity contribution in [1.29, 1.82) is 0 Å². The Hall–Kier alpha value is -2.94. The van der Waals surface area contributed by atoms with Crippen LogP contribution in [0.4, 0.5) is 15.9 Å². The molecule has 1 amide bonds. The summed E-state index contributed by atoms with van der Waals surface area (Å²) in [6, 6.07) is 3.63. The summed E-state index contributed by atoms with van der Waals surface area (Å²) >= 11 is 5.94. The molecule has 0 atom stereocenters. The number of nitrogens with one attached hydrogen (secondary N) is 1. The predicted octanol–water partition coefficient (Wildman–Crippen LogP) is 2.17. The summed E-state index contributed by atoms with van der Waals surface area (Å²) < 4.78 is 15.7. The Labute approximate surface area is 159 Å². The van der Waals surface area contributed by atoms with Crippen LogP contribution in [0.2, 0.25) is 5.02 Å². The first-order valence-corrected chi connectivity index (χ1v) is 8.68. The van der Waals surface area contributed by atoms with Crippen LogP contribution in [0.1, 0.15) is 13.3 Å². The standard InChI is InChI=1S/C17H18ClFN6O2/c1-3-7-23(2)15-16-22-25(17(27)24(16)8-6-20-15)10-14(26)21-13-9-11(19)4-5-12(13)18/h4-6,8-9H,3,7,10H2,1-2H3,(H,21,26). The molecule has 0 aliphatic carbocycles. The molecule has 8 nitrogen and oxygen atoms in total. The molecule has 0 spiro atoms. The van der Waals surface area contributed by atoms with E-state index >= 15 is 0 Å². The van der Waals surface area contributed by atoms with Gasteiger partial charge in [-0.05, 0) is 24.6 Å². The van der Waals surface area contributed by atoms with E-state index in [1.165, 1.54) is 28.9 Å². The molecular formula is C17H18ClFN6O2. The molecule has 10 heteroatoms. The Bertz CT molecular complexity index is 1050. The van der Waals surface area contributed by atoms with Gasteiger partial charge in [-0.3, -0.25) is 4.79 Å². The van der Waals surface area contributed by atoms with Crippen molar-refractivity contribution >= 4 is 34.7 Å². The van der Waals surface area contributed by atoms with E-state index in [2.05, 4.69) is 15.4 Å². The van der Waals surface area contributed by atoms with Crippen molar-refractivity contribution in [3.05, 3.63) is 51.9 Å². The van der Waals surface area contributed by atoms with Crippen LogP contribution in [0.25, 0.3) is 5.65 Å². The lowest BCUT2D eigenvalue weighted by Gasteiger charge is -2.16. The lowest BCUT2D eigenvalue weighted by atomic mass is 10.3. The number of rotatable bonds is 6. The first-order valence-electron chi connectivity index (χ1n) is 8.31. The molecule has 142 valence electrons. The zero-order valence-corrected chi connectivity index (χ0v) is 15.6. The summed E-state index contributed by atoms with van der Waals surface area (Å²) in [5, 5.41) is 6.91. The average molecular weight is 393 g/mol. The molecule has 1 N–H and O–H groups in total.